The second-order valence-corrected chi connectivity index (χ2v) is 4.82. The van der Waals surface area contributed by atoms with E-state index in [2.05, 4.69) is 18.8 Å². The number of thioether (sulfide) groups is 1. The first-order valence-corrected chi connectivity index (χ1v) is 5.99. The van der Waals surface area contributed by atoms with Gasteiger partial charge in [-0.2, -0.15) is 0 Å². The first-order chi connectivity index (χ1) is 6.72. The van der Waals surface area contributed by atoms with Gasteiger partial charge in [-0.3, -0.25) is 0 Å². The van der Waals surface area contributed by atoms with Crippen LogP contribution in [0.4, 0.5) is 0 Å². The third-order valence-corrected chi connectivity index (χ3v) is 2.90. The largest absolute Gasteiger partial charge is 0.325 e. The number of nitrogens with two attached hydrogens (primary N) is 1. The summed E-state index contributed by atoms with van der Waals surface area (Å²) in [6, 6.07) is 6.03. The number of rotatable bonds is 5. The van der Waals surface area contributed by atoms with Crippen LogP contribution in [-0.2, 0) is 6.54 Å². The van der Waals surface area contributed by atoms with Crippen molar-refractivity contribution in [3.63, 3.8) is 0 Å². The number of aromatic nitrogens is 1. The molecule has 0 aliphatic heterocycles. The molecule has 1 aromatic heterocycles. The first kappa shape index (κ1) is 11.5. The molecule has 0 aliphatic rings. The molecule has 1 rings (SSSR count). The van der Waals surface area contributed by atoms with Crippen LogP contribution in [-0.4, -0.2) is 10.7 Å². The SMILES string of the molecule is CC(C)CCSc1cccc(CN)n1. The van der Waals surface area contributed by atoms with Crippen LogP contribution in [0.15, 0.2) is 23.2 Å². The number of nitrogens with zero attached hydrogens (tertiary/aromatic N) is 1. The Kier molecular flexibility index (Phi) is 4.98. The Morgan fingerprint density at radius 3 is 2.86 bits per heavy atom. The van der Waals surface area contributed by atoms with E-state index in [1.54, 1.807) is 0 Å². The van der Waals surface area contributed by atoms with E-state index in [0.29, 0.717) is 6.54 Å². The summed E-state index contributed by atoms with van der Waals surface area (Å²) < 4.78 is 0. The van der Waals surface area contributed by atoms with Crippen molar-refractivity contribution in [3.8, 4) is 0 Å². The molecule has 0 aromatic carbocycles. The van der Waals surface area contributed by atoms with Crippen molar-refractivity contribution in [1.29, 1.82) is 0 Å². The smallest absolute Gasteiger partial charge is 0.0963 e. The molecule has 0 atom stereocenters. The van der Waals surface area contributed by atoms with Crippen LogP contribution in [0.1, 0.15) is 26.0 Å². The highest BCUT2D eigenvalue weighted by atomic mass is 32.2. The molecule has 2 nitrogen and oxygen atoms in total. The zero-order valence-corrected chi connectivity index (χ0v) is 9.68. The fourth-order valence-corrected chi connectivity index (χ4v) is 2.21. The standard InChI is InChI=1S/C11H18N2S/c1-9(2)6-7-14-11-5-3-4-10(8-12)13-11/h3-5,9H,6-8,12H2,1-2H3. The molecule has 14 heavy (non-hydrogen) atoms. The Balaban J connectivity index is 2.42. The third-order valence-electron chi connectivity index (χ3n) is 1.94. The highest BCUT2D eigenvalue weighted by Crippen LogP contribution is 2.18. The Labute approximate surface area is 90.3 Å². The van der Waals surface area contributed by atoms with Crippen molar-refractivity contribution in [2.24, 2.45) is 11.7 Å². The monoisotopic (exact) mass is 210 g/mol. The molecule has 0 saturated heterocycles. The molecule has 0 fully saturated rings. The zero-order chi connectivity index (χ0) is 10.4. The van der Waals surface area contributed by atoms with Crippen LogP contribution < -0.4 is 5.73 Å². The second kappa shape index (κ2) is 6.04. The van der Waals surface area contributed by atoms with Gasteiger partial charge in [-0.25, -0.2) is 4.98 Å². The molecule has 0 saturated carbocycles. The van der Waals surface area contributed by atoms with Gasteiger partial charge in [0.05, 0.1) is 10.7 Å². The van der Waals surface area contributed by atoms with Gasteiger partial charge in [0.1, 0.15) is 0 Å². The summed E-state index contributed by atoms with van der Waals surface area (Å²) >= 11 is 1.81. The second-order valence-electron chi connectivity index (χ2n) is 3.70. The van der Waals surface area contributed by atoms with Crippen molar-refractivity contribution < 1.29 is 0 Å². The Morgan fingerprint density at radius 2 is 2.21 bits per heavy atom. The summed E-state index contributed by atoms with van der Waals surface area (Å²) in [6.07, 6.45) is 1.24. The van der Waals surface area contributed by atoms with E-state index in [4.69, 9.17) is 5.73 Å². The summed E-state index contributed by atoms with van der Waals surface area (Å²) in [5, 5.41) is 1.09. The molecule has 3 heteroatoms. The summed E-state index contributed by atoms with van der Waals surface area (Å²) in [6.45, 7) is 5.01. The Bertz CT molecular complexity index is 274. The number of hydrogen-bond donors (Lipinski definition) is 1. The van der Waals surface area contributed by atoms with Gasteiger partial charge in [-0.1, -0.05) is 19.9 Å². The van der Waals surface area contributed by atoms with Crippen LogP contribution in [0, 0.1) is 5.92 Å². The fourth-order valence-electron chi connectivity index (χ4n) is 1.05. The minimum absolute atomic E-state index is 0.526. The topological polar surface area (TPSA) is 38.9 Å². The average molecular weight is 210 g/mol. The van der Waals surface area contributed by atoms with Crippen LogP contribution >= 0.6 is 11.8 Å². The molecule has 0 radical (unpaired) electrons. The van der Waals surface area contributed by atoms with Gasteiger partial charge in [0.25, 0.3) is 0 Å². The van der Waals surface area contributed by atoms with Gasteiger partial charge in [-0.05, 0) is 30.2 Å². The van der Waals surface area contributed by atoms with E-state index in [-0.39, 0.29) is 0 Å². The first-order valence-electron chi connectivity index (χ1n) is 5.01. The molecule has 0 amide bonds. The van der Waals surface area contributed by atoms with Crippen molar-refractivity contribution >= 4 is 11.8 Å². The molecule has 2 N–H and O–H groups in total. The molecule has 1 aromatic rings. The Morgan fingerprint density at radius 1 is 1.43 bits per heavy atom. The fraction of sp³-hybridized carbons (Fsp3) is 0.545. The lowest BCUT2D eigenvalue weighted by atomic mass is 10.2. The van der Waals surface area contributed by atoms with Crippen molar-refractivity contribution in [1.82, 2.24) is 4.98 Å². The molecule has 0 unspecified atom stereocenters. The third kappa shape index (κ3) is 4.11. The van der Waals surface area contributed by atoms with Crippen LogP contribution in [0.25, 0.3) is 0 Å². The molecule has 78 valence electrons. The number of pyridine rings is 1. The summed E-state index contributed by atoms with van der Waals surface area (Å²) in [4.78, 5) is 4.43. The molecular weight excluding hydrogens is 192 g/mol. The van der Waals surface area contributed by atoms with E-state index < -0.39 is 0 Å². The van der Waals surface area contributed by atoms with Gasteiger partial charge in [0.15, 0.2) is 0 Å². The normalized spacial score (nSPS) is 10.9. The molecular formula is C11H18N2S. The zero-order valence-electron chi connectivity index (χ0n) is 8.86. The van der Waals surface area contributed by atoms with Crippen molar-refractivity contribution in [3.05, 3.63) is 23.9 Å². The van der Waals surface area contributed by atoms with Crippen molar-refractivity contribution in [2.75, 3.05) is 5.75 Å². The number of hydrogen-bond acceptors (Lipinski definition) is 3. The lowest BCUT2D eigenvalue weighted by Crippen LogP contribution is -1.99. The Hall–Kier alpha value is -0.540. The maximum absolute atomic E-state index is 5.52. The van der Waals surface area contributed by atoms with E-state index in [0.717, 1.165) is 22.4 Å². The van der Waals surface area contributed by atoms with Crippen LogP contribution in [0.2, 0.25) is 0 Å². The summed E-state index contributed by atoms with van der Waals surface area (Å²) in [5.74, 6) is 1.90. The van der Waals surface area contributed by atoms with Gasteiger partial charge in [-0.15, -0.1) is 11.8 Å². The minimum Gasteiger partial charge on any atom is -0.325 e. The predicted molar refractivity (Wildman–Crippen MR) is 62.3 cm³/mol. The van der Waals surface area contributed by atoms with E-state index in [1.165, 1.54) is 6.42 Å². The summed E-state index contributed by atoms with van der Waals surface area (Å²) in [5.41, 5.74) is 6.50. The molecule has 0 spiro atoms. The van der Waals surface area contributed by atoms with E-state index in [9.17, 15) is 0 Å². The average Bonchev–Trinajstić information content (AvgIpc) is 2.18. The molecule has 1 heterocycles. The predicted octanol–water partition coefficient (Wildman–Crippen LogP) is 2.68. The van der Waals surface area contributed by atoms with E-state index in [1.807, 2.05) is 30.0 Å². The van der Waals surface area contributed by atoms with Crippen molar-refractivity contribution in [2.45, 2.75) is 31.8 Å². The summed E-state index contributed by atoms with van der Waals surface area (Å²) in [7, 11) is 0. The maximum atomic E-state index is 5.52. The molecule has 0 aliphatic carbocycles. The maximum Gasteiger partial charge on any atom is 0.0963 e. The quantitative estimate of drug-likeness (QED) is 0.759. The van der Waals surface area contributed by atoms with Gasteiger partial charge < -0.3 is 5.73 Å². The highest BCUT2D eigenvalue weighted by Gasteiger charge is 1.98. The van der Waals surface area contributed by atoms with E-state index >= 15 is 0 Å². The van der Waals surface area contributed by atoms with Crippen LogP contribution in [0.3, 0.4) is 0 Å². The van der Waals surface area contributed by atoms with Gasteiger partial charge in [0, 0.05) is 6.54 Å². The lowest BCUT2D eigenvalue weighted by Gasteiger charge is -2.04. The lowest BCUT2D eigenvalue weighted by molar-refractivity contribution is 0.632. The van der Waals surface area contributed by atoms with Gasteiger partial charge >= 0.3 is 0 Å². The highest BCUT2D eigenvalue weighted by molar-refractivity contribution is 7.99. The minimum atomic E-state index is 0.526. The molecule has 0 bridgehead atoms. The van der Waals surface area contributed by atoms with Gasteiger partial charge in [0.2, 0.25) is 0 Å². The van der Waals surface area contributed by atoms with Crippen LogP contribution in [0.5, 0.6) is 0 Å².